The van der Waals surface area contributed by atoms with Gasteiger partial charge in [0.15, 0.2) is 5.78 Å². The van der Waals surface area contributed by atoms with Gasteiger partial charge in [-0.2, -0.15) is 0 Å². The van der Waals surface area contributed by atoms with Crippen molar-refractivity contribution in [2.75, 3.05) is 26.2 Å². The molecule has 3 nitrogen and oxygen atoms in total. The van der Waals surface area contributed by atoms with Gasteiger partial charge in [0.1, 0.15) is 6.10 Å². The van der Waals surface area contributed by atoms with Crippen LogP contribution in [0.5, 0.6) is 0 Å². The third-order valence-electron chi connectivity index (χ3n) is 3.08. The molecule has 1 heterocycles. The lowest BCUT2D eigenvalue weighted by atomic mass is 10.0. The highest BCUT2D eigenvalue weighted by Crippen LogP contribution is 2.23. The normalized spacial score (nSPS) is 20.9. The van der Waals surface area contributed by atoms with E-state index in [1.54, 1.807) is 18.2 Å². The highest BCUT2D eigenvalue weighted by molar-refractivity contribution is 6.36. The van der Waals surface area contributed by atoms with Gasteiger partial charge in [-0.05, 0) is 24.7 Å². The summed E-state index contributed by atoms with van der Waals surface area (Å²) in [6, 6.07) is 4.90. The van der Waals surface area contributed by atoms with E-state index in [-0.39, 0.29) is 5.78 Å². The number of halogens is 2. The minimum absolute atomic E-state index is 0.0966. The Hall–Kier alpha value is -0.610. The summed E-state index contributed by atoms with van der Waals surface area (Å²) in [4.78, 5) is 14.5. The number of likely N-dealkylation sites (N-methyl/N-ethyl adjacent to an activating group) is 1. The van der Waals surface area contributed by atoms with Crippen molar-refractivity contribution >= 4 is 29.0 Å². The van der Waals surface area contributed by atoms with Gasteiger partial charge >= 0.3 is 0 Å². The third kappa shape index (κ3) is 3.04. The maximum atomic E-state index is 12.3. The number of ketones is 1. The van der Waals surface area contributed by atoms with Crippen molar-refractivity contribution in [3.63, 3.8) is 0 Å². The summed E-state index contributed by atoms with van der Waals surface area (Å²) in [5.41, 5.74) is 0.437. The molecule has 98 valence electrons. The fourth-order valence-corrected chi connectivity index (χ4v) is 2.39. The van der Waals surface area contributed by atoms with Crippen LogP contribution >= 0.6 is 23.2 Å². The van der Waals surface area contributed by atoms with E-state index in [1.165, 1.54) is 0 Å². The Kier molecular flexibility index (Phi) is 4.62. The first-order chi connectivity index (χ1) is 8.61. The molecule has 1 saturated heterocycles. The van der Waals surface area contributed by atoms with E-state index in [0.717, 1.165) is 13.1 Å². The minimum atomic E-state index is -0.449. The van der Waals surface area contributed by atoms with Gasteiger partial charge in [0.25, 0.3) is 0 Å². The second-order valence-corrected chi connectivity index (χ2v) is 5.08. The van der Waals surface area contributed by atoms with Gasteiger partial charge in [-0.25, -0.2) is 0 Å². The first kappa shape index (κ1) is 13.8. The van der Waals surface area contributed by atoms with Crippen molar-refractivity contribution < 1.29 is 9.53 Å². The van der Waals surface area contributed by atoms with Crippen LogP contribution < -0.4 is 0 Å². The number of hydrogen-bond acceptors (Lipinski definition) is 3. The standard InChI is InChI=1S/C13H15Cl2NO2/c1-2-16-5-6-18-12(8-16)13(17)10-7-9(14)3-4-11(10)15/h3-4,7,12H,2,5-6,8H2,1H3. The Bertz CT molecular complexity index is 451. The summed E-state index contributed by atoms with van der Waals surface area (Å²) in [5.74, 6) is -0.0966. The lowest BCUT2D eigenvalue weighted by molar-refractivity contribution is -0.0148. The number of hydrogen-bond donors (Lipinski definition) is 0. The molecule has 0 radical (unpaired) electrons. The number of benzene rings is 1. The zero-order valence-corrected chi connectivity index (χ0v) is 11.7. The number of carbonyl (C=O) groups excluding carboxylic acids is 1. The Balaban J connectivity index is 2.17. The molecule has 1 atom stereocenters. The molecule has 0 bridgehead atoms. The number of Topliss-reactive ketones (excluding diaryl/α,β-unsaturated/α-hetero) is 1. The van der Waals surface area contributed by atoms with E-state index in [2.05, 4.69) is 11.8 Å². The van der Waals surface area contributed by atoms with Crippen LogP contribution in [0, 0.1) is 0 Å². The molecule has 0 N–H and O–H groups in total. The largest absolute Gasteiger partial charge is 0.367 e. The molecule has 0 amide bonds. The van der Waals surface area contributed by atoms with Crippen molar-refractivity contribution in [2.45, 2.75) is 13.0 Å². The Morgan fingerprint density at radius 1 is 1.50 bits per heavy atom. The van der Waals surface area contributed by atoms with Crippen LogP contribution in [-0.4, -0.2) is 43.0 Å². The smallest absolute Gasteiger partial charge is 0.194 e. The predicted molar refractivity (Wildman–Crippen MR) is 72.6 cm³/mol. The molecule has 18 heavy (non-hydrogen) atoms. The minimum Gasteiger partial charge on any atom is -0.367 e. The predicted octanol–water partition coefficient (Wildman–Crippen LogP) is 2.90. The molecule has 0 aromatic heterocycles. The first-order valence-electron chi connectivity index (χ1n) is 5.95. The van der Waals surface area contributed by atoms with Gasteiger partial charge in [0.2, 0.25) is 0 Å². The van der Waals surface area contributed by atoms with E-state index in [4.69, 9.17) is 27.9 Å². The summed E-state index contributed by atoms with van der Waals surface area (Å²) in [6.07, 6.45) is -0.449. The quantitative estimate of drug-likeness (QED) is 0.801. The third-order valence-corrected chi connectivity index (χ3v) is 3.65. The zero-order chi connectivity index (χ0) is 13.1. The highest BCUT2D eigenvalue weighted by Gasteiger charge is 2.28. The van der Waals surface area contributed by atoms with Gasteiger partial charge in [-0.3, -0.25) is 9.69 Å². The fourth-order valence-electron chi connectivity index (χ4n) is 2.01. The summed E-state index contributed by atoms with van der Waals surface area (Å²) in [7, 11) is 0. The van der Waals surface area contributed by atoms with E-state index in [9.17, 15) is 4.79 Å². The number of rotatable bonds is 3. The summed E-state index contributed by atoms with van der Waals surface area (Å²) in [5, 5.41) is 0.924. The fraction of sp³-hybridized carbons (Fsp3) is 0.462. The van der Waals surface area contributed by atoms with E-state index in [1.807, 2.05) is 0 Å². The zero-order valence-electron chi connectivity index (χ0n) is 10.2. The van der Waals surface area contributed by atoms with Crippen molar-refractivity contribution in [1.82, 2.24) is 4.90 Å². The Labute approximate surface area is 117 Å². The molecule has 1 aliphatic heterocycles. The lowest BCUT2D eigenvalue weighted by Gasteiger charge is -2.31. The van der Waals surface area contributed by atoms with Gasteiger partial charge < -0.3 is 4.74 Å². The molecule has 5 heteroatoms. The molecular formula is C13H15Cl2NO2. The molecule has 1 aliphatic rings. The second-order valence-electron chi connectivity index (χ2n) is 4.24. The van der Waals surface area contributed by atoms with Crippen LogP contribution in [0.2, 0.25) is 10.0 Å². The molecule has 1 aromatic rings. The number of carbonyl (C=O) groups is 1. The Morgan fingerprint density at radius 3 is 3.00 bits per heavy atom. The maximum absolute atomic E-state index is 12.3. The first-order valence-corrected chi connectivity index (χ1v) is 6.70. The van der Waals surface area contributed by atoms with Crippen molar-refractivity contribution in [3.8, 4) is 0 Å². The molecule has 0 saturated carbocycles. The molecule has 1 fully saturated rings. The highest BCUT2D eigenvalue weighted by atomic mass is 35.5. The van der Waals surface area contributed by atoms with Crippen molar-refractivity contribution in [2.24, 2.45) is 0 Å². The summed E-state index contributed by atoms with van der Waals surface area (Å²) in [6.45, 7) is 5.03. The average Bonchev–Trinajstić information content (AvgIpc) is 2.41. The summed E-state index contributed by atoms with van der Waals surface area (Å²) >= 11 is 11.9. The number of nitrogens with zero attached hydrogens (tertiary/aromatic N) is 1. The van der Waals surface area contributed by atoms with Crippen LogP contribution in [-0.2, 0) is 4.74 Å². The summed E-state index contributed by atoms with van der Waals surface area (Å²) < 4.78 is 5.53. The van der Waals surface area contributed by atoms with Crippen LogP contribution in [0.3, 0.4) is 0 Å². The SMILES string of the molecule is CCN1CCOC(C(=O)c2cc(Cl)ccc2Cl)C1. The van der Waals surface area contributed by atoms with Crippen LogP contribution in [0.1, 0.15) is 17.3 Å². The lowest BCUT2D eigenvalue weighted by Crippen LogP contribution is -2.45. The van der Waals surface area contributed by atoms with Gasteiger partial charge in [-0.1, -0.05) is 30.1 Å². The molecule has 1 unspecified atom stereocenters. The van der Waals surface area contributed by atoms with Gasteiger partial charge in [-0.15, -0.1) is 0 Å². The van der Waals surface area contributed by atoms with Crippen molar-refractivity contribution in [3.05, 3.63) is 33.8 Å². The molecule has 0 spiro atoms. The molecule has 1 aromatic carbocycles. The monoisotopic (exact) mass is 287 g/mol. The Morgan fingerprint density at radius 2 is 2.28 bits per heavy atom. The number of morpholine rings is 1. The molecule has 0 aliphatic carbocycles. The maximum Gasteiger partial charge on any atom is 0.194 e. The van der Waals surface area contributed by atoms with E-state index in [0.29, 0.717) is 28.8 Å². The van der Waals surface area contributed by atoms with Gasteiger partial charge in [0.05, 0.1) is 11.6 Å². The van der Waals surface area contributed by atoms with Crippen LogP contribution in [0.25, 0.3) is 0 Å². The molecular weight excluding hydrogens is 273 g/mol. The van der Waals surface area contributed by atoms with Crippen LogP contribution in [0.15, 0.2) is 18.2 Å². The molecule has 2 rings (SSSR count). The van der Waals surface area contributed by atoms with Gasteiger partial charge in [0, 0.05) is 23.7 Å². The van der Waals surface area contributed by atoms with Crippen molar-refractivity contribution in [1.29, 1.82) is 0 Å². The average molecular weight is 288 g/mol. The second kappa shape index (κ2) is 6.02. The van der Waals surface area contributed by atoms with Crippen LogP contribution in [0.4, 0.5) is 0 Å². The van der Waals surface area contributed by atoms with E-state index >= 15 is 0 Å². The topological polar surface area (TPSA) is 29.5 Å². The van der Waals surface area contributed by atoms with E-state index < -0.39 is 6.10 Å². The number of ether oxygens (including phenoxy) is 1.